The molecule has 6 rings (SSSR count). The molecule has 34 heavy (non-hydrogen) atoms. The summed E-state index contributed by atoms with van der Waals surface area (Å²) in [6.45, 7) is 1.58. The number of phenols is 1. The van der Waals surface area contributed by atoms with E-state index in [1.165, 1.54) is 12.3 Å². The van der Waals surface area contributed by atoms with Gasteiger partial charge in [0.05, 0.1) is 19.2 Å². The molecule has 0 spiro atoms. The summed E-state index contributed by atoms with van der Waals surface area (Å²) in [6.07, 6.45) is 4.83. The summed E-state index contributed by atoms with van der Waals surface area (Å²) in [5, 5.41) is 34.0. The Hall–Kier alpha value is -3.21. The predicted molar refractivity (Wildman–Crippen MR) is 123 cm³/mol. The smallest absolute Gasteiger partial charge is 0.245 e. The molecule has 2 bridgehead atoms. The summed E-state index contributed by atoms with van der Waals surface area (Å²) >= 11 is 0. The Morgan fingerprint density at radius 1 is 1.24 bits per heavy atom. The Bertz CT molecular complexity index is 1330. The van der Waals surface area contributed by atoms with E-state index in [0.717, 1.165) is 25.7 Å². The van der Waals surface area contributed by atoms with Crippen molar-refractivity contribution in [2.75, 3.05) is 4.90 Å². The first-order valence-corrected chi connectivity index (χ1v) is 11.5. The summed E-state index contributed by atoms with van der Waals surface area (Å²) in [7, 11) is 0. The molecule has 1 saturated carbocycles. The summed E-state index contributed by atoms with van der Waals surface area (Å²) in [6, 6.07) is 4.50. The molecular formula is C23H28FN9O. The Morgan fingerprint density at radius 3 is 2.76 bits per heavy atom. The highest BCUT2D eigenvalue weighted by Gasteiger charge is 2.58. The molecule has 0 amide bonds. The van der Waals surface area contributed by atoms with E-state index in [1.54, 1.807) is 12.1 Å². The molecular weight excluding hydrogens is 437 g/mol. The zero-order valence-electron chi connectivity index (χ0n) is 22.0. The first-order chi connectivity index (χ1) is 17.5. The number of tetrazole rings is 1. The number of anilines is 1. The summed E-state index contributed by atoms with van der Waals surface area (Å²) in [4.78, 5) is 7.11. The highest BCUT2D eigenvalue weighted by molar-refractivity contribution is 5.71. The Labute approximate surface area is 200 Å². The molecule has 0 unspecified atom stereocenters. The van der Waals surface area contributed by atoms with Crippen LogP contribution in [0.4, 0.5) is 10.3 Å². The molecule has 3 aromatic rings. The third-order valence-corrected chi connectivity index (χ3v) is 7.41. The average Bonchev–Trinajstić information content (AvgIpc) is 3.45. The number of rotatable bonds is 5. The van der Waals surface area contributed by atoms with Crippen LogP contribution in [0.2, 0.25) is 0 Å². The van der Waals surface area contributed by atoms with E-state index in [4.69, 9.17) is 4.11 Å². The second-order valence-corrected chi connectivity index (χ2v) is 10.2. The van der Waals surface area contributed by atoms with Gasteiger partial charge >= 0.3 is 0 Å². The lowest BCUT2D eigenvalue weighted by atomic mass is 9.82. The van der Waals surface area contributed by atoms with Gasteiger partial charge in [0.25, 0.3) is 0 Å². The van der Waals surface area contributed by atoms with Crippen molar-refractivity contribution in [1.29, 1.82) is 0 Å². The second-order valence-electron chi connectivity index (χ2n) is 10.2. The number of alkyl halides is 1. The number of nitrogens with zero attached hydrogens (tertiary/aromatic N) is 8. The lowest BCUT2D eigenvalue weighted by Gasteiger charge is -2.48. The van der Waals surface area contributed by atoms with Crippen molar-refractivity contribution < 1.29 is 13.6 Å². The lowest BCUT2D eigenvalue weighted by Crippen LogP contribution is -2.66. The van der Waals surface area contributed by atoms with Crippen molar-refractivity contribution in [2.24, 2.45) is 6.98 Å². The molecule has 1 aliphatic carbocycles. The standard InChI is InChI=1S/C23H28FN9O/c1-22-8-9-23(2,30-22)19(24)17(11-22)33(14-5-6-14)21-25-12-16(26-28-21)15-7-4-13(10-18(15)34)20-27-31-32(3)29-20/h4,7,10,12,14,17,19,30,34H,5-6,8-9,11H2,1-3H3/t17-,19-,22-,23+/m1/s1/i3D3. The molecule has 10 nitrogen and oxygen atoms in total. The van der Waals surface area contributed by atoms with Crippen LogP contribution >= 0.6 is 0 Å². The molecule has 3 aliphatic rings. The normalized spacial score (nSPS) is 32.1. The van der Waals surface area contributed by atoms with Crippen LogP contribution in [0.3, 0.4) is 0 Å². The molecule has 2 N–H and O–H groups in total. The maximum Gasteiger partial charge on any atom is 0.245 e. The number of piperidine rings is 1. The van der Waals surface area contributed by atoms with Crippen LogP contribution in [0.1, 0.15) is 50.1 Å². The van der Waals surface area contributed by atoms with Crippen molar-refractivity contribution in [3.63, 3.8) is 0 Å². The van der Waals surface area contributed by atoms with Gasteiger partial charge in [-0.05, 0) is 63.3 Å². The minimum absolute atomic E-state index is 0.0664. The quantitative estimate of drug-likeness (QED) is 0.582. The number of halogens is 1. The fourth-order valence-corrected chi connectivity index (χ4v) is 5.60. The number of phenolic OH excluding ortho intramolecular Hbond substituents is 1. The average molecular weight is 469 g/mol. The minimum Gasteiger partial charge on any atom is -0.507 e. The highest BCUT2D eigenvalue weighted by atomic mass is 19.1. The molecule has 4 heterocycles. The number of nitrogens with one attached hydrogen (secondary N) is 1. The molecule has 178 valence electrons. The lowest BCUT2D eigenvalue weighted by molar-refractivity contribution is 0.0828. The van der Waals surface area contributed by atoms with Gasteiger partial charge in [-0.1, -0.05) is 6.07 Å². The van der Waals surface area contributed by atoms with Crippen LogP contribution < -0.4 is 10.2 Å². The molecule has 0 radical (unpaired) electrons. The number of fused-ring (bicyclic) bond motifs is 2. The van der Waals surface area contributed by atoms with Gasteiger partial charge < -0.3 is 15.3 Å². The third kappa shape index (κ3) is 3.49. The van der Waals surface area contributed by atoms with Crippen LogP contribution in [-0.2, 0) is 6.98 Å². The molecule has 11 heteroatoms. The molecule has 2 aliphatic heterocycles. The zero-order valence-corrected chi connectivity index (χ0v) is 19.0. The number of aryl methyl sites for hydroxylation is 1. The van der Waals surface area contributed by atoms with E-state index in [9.17, 15) is 5.11 Å². The van der Waals surface area contributed by atoms with Crippen LogP contribution in [-0.4, -0.2) is 69.8 Å². The summed E-state index contributed by atoms with van der Waals surface area (Å²) in [5.41, 5.74) is 0.462. The Morgan fingerprint density at radius 2 is 2.09 bits per heavy atom. The molecule has 2 saturated heterocycles. The van der Waals surface area contributed by atoms with E-state index in [0.29, 0.717) is 34.0 Å². The predicted octanol–water partition coefficient (Wildman–Crippen LogP) is 2.41. The largest absolute Gasteiger partial charge is 0.507 e. The third-order valence-electron chi connectivity index (χ3n) is 7.41. The maximum atomic E-state index is 15.8. The Kier molecular flexibility index (Phi) is 3.95. The van der Waals surface area contributed by atoms with Crippen LogP contribution in [0.15, 0.2) is 24.4 Å². The highest BCUT2D eigenvalue weighted by Crippen LogP contribution is 2.47. The topological polar surface area (TPSA) is 118 Å². The van der Waals surface area contributed by atoms with E-state index in [2.05, 4.69) is 42.8 Å². The van der Waals surface area contributed by atoms with E-state index >= 15 is 4.39 Å². The molecule has 2 aromatic heterocycles. The van der Waals surface area contributed by atoms with E-state index in [1.807, 2.05) is 11.8 Å². The second kappa shape index (κ2) is 7.39. The Balaban J connectivity index is 1.26. The first-order valence-electron chi connectivity index (χ1n) is 13.0. The van der Waals surface area contributed by atoms with Crippen molar-refractivity contribution in [2.45, 2.75) is 75.3 Å². The van der Waals surface area contributed by atoms with E-state index in [-0.39, 0.29) is 29.2 Å². The van der Waals surface area contributed by atoms with Crippen molar-refractivity contribution in [3.05, 3.63) is 24.4 Å². The molecule has 1 aromatic carbocycles. The van der Waals surface area contributed by atoms with Gasteiger partial charge in [-0.2, -0.15) is 4.80 Å². The van der Waals surface area contributed by atoms with Crippen molar-refractivity contribution in [1.82, 2.24) is 40.7 Å². The monoisotopic (exact) mass is 468 g/mol. The van der Waals surface area contributed by atoms with Gasteiger partial charge in [-0.25, -0.2) is 9.37 Å². The van der Waals surface area contributed by atoms with Crippen LogP contribution in [0.25, 0.3) is 22.6 Å². The minimum atomic E-state index is -2.55. The number of aromatic hydroxyl groups is 1. The van der Waals surface area contributed by atoms with Crippen molar-refractivity contribution in [3.8, 4) is 28.4 Å². The van der Waals surface area contributed by atoms with Gasteiger partial charge in [0.1, 0.15) is 17.6 Å². The first kappa shape index (κ1) is 18.2. The SMILES string of the molecule is [2H]C([2H])([2H])n1nnc(-c2ccc(-c3cnc(N(C4CC4)[C@@H]4C[C@@]5(C)CC[C@](C)(N5)[C@@H]4F)nn3)c(O)c2)n1. The number of aromatic nitrogens is 7. The molecule has 3 fully saturated rings. The summed E-state index contributed by atoms with van der Waals surface area (Å²) < 4.78 is 37.9. The number of benzene rings is 1. The van der Waals surface area contributed by atoms with Gasteiger partial charge in [-0.3, -0.25) is 0 Å². The molecule has 4 atom stereocenters. The van der Waals surface area contributed by atoms with Gasteiger partial charge in [-0.15, -0.1) is 20.4 Å². The van der Waals surface area contributed by atoms with Gasteiger partial charge in [0.15, 0.2) is 0 Å². The van der Waals surface area contributed by atoms with Crippen molar-refractivity contribution >= 4 is 5.95 Å². The zero-order chi connectivity index (χ0) is 26.2. The van der Waals surface area contributed by atoms with Gasteiger partial charge in [0.2, 0.25) is 11.8 Å². The maximum absolute atomic E-state index is 15.8. The number of hydrogen-bond donors (Lipinski definition) is 2. The fraction of sp³-hybridized carbons (Fsp3) is 0.565. The number of hydrogen-bond acceptors (Lipinski definition) is 9. The van der Waals surface area contributed by atoms with E-state index < -0.39 is 18.7 Å². The van der Waals surface area contributed by atoms with Gasteiger partial charge in [0, 0.05) is 32.4 Å². The summed E-state index contributed by atoms with van der Waals surface area (Å²) in [5.74, 6) is 0.343. The fourth-order valence-electron chi connectivity index (χ4n) is 5.60. The van der Waals surface area contributed by atoms with Crippen LogP contribution in [0.5, 0.6) is 5.75 Å². The van der Waals surface area contributed by atoms with Crippen LogP contribution in [0, 0.1) is 0 Å².